The van der Waals surface area contributed by atoms with E-state index in [-0.39, 0.29) is 5.91 Å². The molecule has 0 unspecified atom stereocenters. The van der Waals surface area contributed by atoms with E-state index in [4.69, 9.17) is 4.74 Å². The third-order valence-corrected chi connectivity index (χ3v) is 4.68. The summed E-state index contributed by atoms with van der Waals surface area (Å²) in [5.41, 5.74) is 4.91. The first kappa shape index (κ1) is 19.5. The molecule has 150 valence electrons. The van der Waals surface area contributed by atoms with Crippen LogP contribution in [0, 0.1) is 6.92 Å². The van der Waals surface area contributed by atoms with Crippen LogP contribution in [0.2, 0.25) is 0 Å². The Labute approximate surface area is 175 Å². The summed E-state index contributed by atoms with van der Waals surface area (Å²) < 4.78 is 5.51. The number of H-pyrrole nitrogens is 1. The van der Waals surface area contributed by atoms with Gasteiger partial charge in [-0.05, 0) is 61.9 Å². The molecule has 0 bridgehead atoms. The second kappa shape index (κ2) is 8.66. The van der Waals surface area contributed by atoms with Gasteiger partial charge >= 0.3 is 0 Å². The summed E-state index contributed by atoms with van der Waals surface area (Å²) in [6, 6.07) is 23.0. The van der Waals surface area contributed by atoms with Crippen molar-refractivity contribution in [2.24, 2.45) is 0 Å². The maximum atomic E-state index is 12.9. The normalized spacial score (nSPS) is 11.5. The van der Waals surface area contributed by atoms with Gasteiger partial charge in [0.25, 0.3) is 5.91 Å². The number of ether oxygens (including phenoxy) is 1. The van der Waals surface area contributed by atoms with Crippen LogP contribution >= 0.6 is 0 Å². The number of amides is 1. The zero-order valence-electron chi connectivity index (χ0n) is 17.0. The number of hydrogen-bond donors (Lipinski definition) is 2. The highest BCUT2D eigenvalue weighted by Crippen LogP contribution is 2.20. The molecule has 0 aliphatic rings. The molecule has 0 saturated heterocycles. The van der Waals surface area contributed by atoms with Crippen LogP contribution in [0.25, 0.3) is 22.8 Å². The standard InChI is InChI=1S/C25H23N3O2/c1-3-30-20-13-11-18(12-14-20)16-23(24-26-21-9-4-5-10-22(21)27-24)28-25(29)19-8-6-7-17(2)15-19/h4-16H,3H2,1-2H3,(H,26,27)(H,28,29)/b23-16+. The van der Waals surface area contributed by atoms with E-state index in [9.17, 15) is 4.79 Å². The molecule has 0 spiro atoms. The maximum Gasteiger partial charge on any atom is 0.255 e. The molecule has 1 amide bonds. The van der Waals surface area contributed by atoms with E-state index in [0.29, 0.717) is 23.7 Å². The molecule has 1 aromatic heterocycles. The summed E-state index contributed by atoms with van der Waals surface area (Å²) >= 11 is 0. The summed E-state index contributed by atoms with van der Waals surface area (Å²) in [6.45, 7) is 4.53. The minimum absolute atomic E-state index is 0.184. The average molecular weight is 397 g/mol. The van der Waals surface area contributed by atoms with Crippen LogP contribution in [0.3, 0.4) is 0 Å². The van der Waals surface area contributed by atoms with Gasteiger partial charge in [-0.1, -0.05) is 42.0 Å². The molecule has 4 aromatic rings. The number of benzene rings is 3. The van der Waals surface area contributed by atoms with Gasteiger partial charge < -0.3 is 15.0 Å². The van der Waals surface area contributed by atoms with Gasteiger partial charge in [-0.2, -0.15) is 0 Å². The lowest BCUT2D eigenvalue weighted by Crippen LogP contribution is -2.22. The quantitative estimate of drug-likeness (QED) is 0.470. The zero-order chi connectivity index (χ0) is 20.9. The summed E-state index contributed by atoms with van der Waals surface area (Å²) in [7, 11) is 0. The monoisotopic (exact) mass is 397 g/mol. The second-order valence-electron chi connectivity index (χ2n) is 6.99. The third-order valence-electron chi connectivity index (χ3n) is 4.68. The Kier molecular flexibility index (Phi) is 5.61. The molecule has 2 N–H and O–H groups in total. The zero-order valence-corrected chi connectivity index (χ0v) is 17.0. The third kappa shape index (κ3) is 4.41. The van der Waals surface area contributed by atoms with Gasteiger partial charge in [-0.25, -0.2) is 4.98 Å². The predicted molar refractivity (Wildman–Crippen MR) is 120 cm³/mol. The van der Waals surface area contributed by atoms with Crippen LogP contribution in [0.5, 0.6) is 5.75 Å². The SMILES string of the molecule is CCOc1ccc(/C=C(/NC(=O)c2cccc(C)c2)c2nc3ccccc3[nH]2)cc1. The molecule has 0 saturated carbocycles. The fraction of sp³-hybridized carbons (Fsp3) is 0.120. The fourth-order valence-electron chi connectivity index (χ4n) is 3.22. The molecule has 0 fully saturated rings. The topological polar surface area (TPSA) is 67.0 Å². The van der Waals surface area contributed by atoms with Crippen LogP contribution in [0.4, 0.5) is 0 Å². The number of rotatable bonds is 6. The Hall–Kier alpha value is -3.86. The van der Waals surface area contributed by atoms with Gasteiger partial charge in [-0.15, -0.1) is 0 Å². The number of nitrogens with zero attached hydrogens (tertiary/aromatic N) is 1. The fourth-order valence-corrected chi connectivity index (χ4v) is 3.22. The van der Waals surface area contributed by atoms with Crippen molar-refractivity contribution in [3.8, 4) is 5.75 Å². The van der Waals surface area contributed by atoms with Crippen molar-refractivity contribution in [1.29, 1.82) is 0 Å². The van der Waals surface area contributed by atoms with Crippen molar-refractivity contribution in [2.75, 3.05) is 6.61 Å². The molecule has 3 aromatic carbocycles. The Morgan fingerprint density at radius 1 is 1.07 bits per heavy atom. The van der Waals surface area contributed by atoms with Gasteiger partial charge in [0.05, 0.1) is 23.3 Å². The highest BCUT2D eigenvalue weighted by atomic mass is 16.5. The first-order chi connectivity index (χ1) is 14.6. The Morgan fingerprint density at radius 3 is 2.60 bits per heavy atom. The molecule has 0 radical (unpaired) electrons. The number of fused-ring (bicyclic) bond motifs is 1. The molecular weight excluding hydrogens is 374 g/mol. The summed E-state index contributed by atoms with van der Waals surface area (Å²) in [6.07, 6.45) is 1.90. The van der Waals surface area contributed by atoms with E-state index in [1.165, 1.54) is 0 Å². The second-order valence-corrected chi connectivity index (χ2v) is 6.99. The van der Waals surface area contributed by atoms with Crippen molar-refractivity contribution >= 4 is 28.7 Å². The van der Waals surface area contributed by atoms with E-state index in [2.05, 4.69) is 15.3 Å². The van der Waals surface area contributed by atoms with Crippen molar-refractivity contribution < 1.29 is 9.53 Å². The van der Waals surface area contributed by atoms with Crippen molar-refractivity contribution in [3.05, 3.63) is 95.3 Å². The number of carbonyl (C=O) groups is 1. The molecule has 4 rings (SSSR count). The van der Waals surface area contributed by atoms with E-state index in [1.807, 2.05) is 86.7 Å². The number of nitrogens with one attached hydrogen (secondary N) is 2. The largest absolute Gasteiger partial charge is 0.494 e. The molecule has 30 heavy (non-hydrogen) atoms. The summed E-state index contributed by atoms with van der Waals surface area (Å²) in [5, 5.41) is 3.02. The van der Waals surface area contributed by atoms with E-state index in [1.54, 1.807) is 6.07 Å². The lowest BCUT2D eigenvalue weighted by molar-refractivity contribution is 0.0973. The molecule has 0 aliphatic heterocycles. The van der Waals surface area contributed by atoms with Crippen LogP contribution in [-0.2, 0) is 0 Å². The Balaban J connectivity index is 1.71. The van der Waals surface area contributed by atoms with Crippen molar-refractivity contribution in [1.82, 2.24) is 15.3 Å². The number of imidazole rings is 1. The number of para-hydroxylation sites is 2. The maximum absolute atomic E-state index is 12.9. The van der Waals surface area contributed by atoms with Gasteiger partial charge in [0, 0.05) is 5.56 Å². The van der Waals surface area contributed by atoms with Gasteiger partial charge in [-0.3, -0.25) is 4.79 Å². The Morgan fingerprint density at radius 2 is 1.87 bits per heavy atom. The first-order valence-electron chi connectivity index (χ1n) is 9.90. The molecule has 5 heteroatoms. The smallest absolute Gasteiger partial charge is 0.255 e. The van der Waals surface area contributed by atoms with Gasteiger partial charge in [0.2, 0.25) is 0 Å². The van der Waals surface area contributed by atoms with E-state index in [0.717, 1.165) is 27.9 Å². The predicted octanol–water partition coefficient (Wildman–Crippen LogP) is 5.20. The minimum Gasteiger partial charge on any atom is -0.494 e. The van der Waals surface area contributed by atoms with Crippen LogP contribution in [0.15, 0.2) is 72.8 Å². The number of aryl methyl sites for hydroxylation is 1. The number of hydrogen-bond acceptors (Lipinski definition) is 3. The Bertz CT molecular complexity index is 1170. The molecule has 0 atom stereocenters. The van der Waals surface area contributed by atoms with Gasteiger partial charge in [0.1, 0.15) is 5.75 Å². The van der Waals surface area contributed by atoms with Crippen LogP contribution < -0.4 is 10.1 Å². The summed E-state index contributed by atoms with van der Waals surface area (Å²) in [5.74, 6) is 1.23. The number of carbonyl (C=O) groups excluding carboxylic acids is 1. The van der Waals surface area contributed by atoms with Crippen LogP contribution in [0.1, 0.15) is 34.2 Å². The number of aromatic amines is 1. The average Bonchev–Trinajstić information content (AvgIpc) is 3.19. The highest BCUT2D eigenvalue weighted by molar-refractivity contribution is 6.01. The van der Waals surface area contributed by atoms with E-state index >= 15 is 0 Å². The molecule has 5 nitrogen and oxygen atoms in total. The highest BCUT2D eigenvalue weighted by Gasteiger charge is 2.13. The van der Waals surface area contributed by atoms with Crippen molar-refractivity contribution in [3.63, 3.8) is 0 Å². The van der Waals surface area contributed by atoms with E-state index < -0.39 is 0 Å². The molecular formula is C25H23N3O2. The lowest BCUT2D eigenvalue weighted by atomic mass is 10.1. The lowest BCUT2D eigenvalue weighted by Gasteiger charge is -2.09. The molecule has 1 heterocycles. The first-order valence-corrected chi connectivity index (χ1v) is 9.90. The number of aromatic nitrogens is 2. The van der Waals surface area contributed by atoms with Crippen LogP contribution in [-0.4, -0.2) is 22.5 Å². The molecule has 0 aliphatic carbocycles. The summed E-state index contributed by atoms with van der Waals surface area (Å²) in [4.78, 5) is 20.9. The van der Waals surface area contributed by atoms with Crippen molar-refractivity contribution in [2.45, 2.75) is 13.8 Å². The van der Waals surface area contributed by atoms with Gasteiger partial charge in [0.15, 0.2) is 5.82 Å². The minimum atomic E-state index is -0.184.